The van der Waals surface area contributed by atoms with E-state index in [1.165, 1.54) is 4.90 Å². The lowest BCUT2D eigenvalue weighted by Crippen LogP contribution is -2.42. The number of hydrogen-bond donors (Lipinski definition) is 0. The summed E-state index contributed by atoms with van der Waals surface area (Å²) in [7, 11) is 4.97. The Labute approximate surface area is 143 Å². The summed E-state index contributed by atoms with van der Waals surface area (Å²) in [5, 5.41) is 0. The quantitative estimate of drug-likeness (QED) is 0.829. The van der Waals surface area contributed by atoms with Gasteiger partial charge in [-0.05, 0) is 24.1 Å². The zero-order valence-corrected chi connectivity index (χ0v) is 14.7. The summed E-state index contributed by atoms with van der Waals surface area (Å²) in [6.45, 7) is 1.28. The lowest BCUT2D eigenvalue weighted by atomic mass is 10.1. The molecule has 0 unspecified atom stereocenters. The number of benzene rings is 1. The Bertz CT molecular complexity index is 566. The first-order chi connectivity index (χ1) is 11.5. The summed E-state index contributed by atoms with van der Waals surface area (Å²) < 4.78 is 10.6. The maximum Gasteiger partial charge on any atom is 0.409 e. The lowest BCUT2D eigenvalue weighted by Gasteiger charge is -2.32. The van der Waals surface area contributed by atoms with Gasteiger partial charge < -0.3 is 19.3 Å². The van der Waals surface area contributed by atoms with Crippen LogP contribution >= 0.6 is 0 Å². The monoisotopic (exact) mass is 334 g/mol. The summed E-state index contributed by atoms with van der Waals surface area (Å²) in [6.07, 6.45) is 2.16. The highest BCUT2D eigenvalue weighted by molar-refractivity contribution is 5.76. The van der Waals surface area contributed by atoms with Crippen LogP contribution in [-0.4, -0.2) is 62.2 Å². The van der Waals surface area contributed by atoms with Crippen LogP contribution in [0.5, 0.6) is 5.75 Å². The average Bonchev–Trinajstić information content (AvgIpc) is 2.60. The van der Waals surface area contributed by atoms with Gasteiger partial charge >= 0.3 is 6.09 Å². The maximum atomic E-state index is 12.3. The molecule has 2 amide bonds. The molecule has 0 saturated carbocycles. The van der Waals surface area contributed by atoms with Crippen molar-refractivity contribution in [3.05, 3.63) is 29.8 Å². The molecule has 1 aliphatic heterocycles. The molecule has 132 valence electrons. The van der Waals surface area contributed by atoms with E-state index in [9.17, 15) is 9.59 Å². The van der Waals surface area contributed by atoms with Gasteiger partial charge in [-0.15, -0.1) is 0 Å². The third kappa shape index (κ3) is 5.15. The summed E-state index contributed by atoms with van der Waals surface area (Å²) in [4.78, 5) is 27.2. The SMILES string of the molecule is COc1cccc(CCC(=O)N2CCC(OC(=O)N(C)C)CC2)c1. The Morgan fingerprint density at radius 2 is 1.96 bits per heavy atom. The van der Waals surface area contributed by atoms with Crippen LogP contribution in [-0.2, 0) is 16.0 Å². The Hall–Kier alpha value is -2.24. The molecule has 1 aromatic carbocycles. The highest BCUT2D eigenvalue weighted by atomic mass is 16.6. The molecule has 1 saturated heterocycles. The first-order valence-electron chi connectivity index (χ1n) is 8.28. The second-order valence-corrected chi connectivity index (χ2v) is 6.21. The molecular formula is C18H26N2O4. The highest BCUT2D eigenvalue weighted by Gasteiger charge is 2.25. The topological polar surface area (TPSA) is 59.1 Å². The van der Waals surface area contributed by atoms with Crippen LogP contribution in [0.4, 0.5) is 4.79 Å². The van der Waals surface area contributed by atoms with Crippen molar-refractivity contribution in [3.8, 4) is 5.75 Å². The van der Waals surface area contributed by atoms with Gasteiger partial charge in [0.1, 0.15) is 11.9 Å². The number of ether oxygens (including phenoxy) is 2. The minimum Gasteiger partial charge on any atom is -0.497 e. The van der Waals surface area contributed by atoms with Crippen LogP contribution in [0.25, 0.3) is 0 Å². The third-order valence-electron chi connectivity index (χ3n) is 4.19. The van der Waals surface area contributed by atoms with Crippen molar-refractivity contribution in [3.63, 3.8) is 0 Å². The normalized spacial score (nSPS) is 15.0. The number of amides is 2. The summed E-state index contributed by atoms with van der Waals surface area (Å²) >= 11 is 0. The van der Waals surface area contributed by atoms with Crippen molar-refractivity contribution in [2.45, 2.75) is 31.8 Å². The second-order valence-electron chi connectivity index (χ2n) is 6.21. The molecule has 0 radical (unpaired) electrons. The van der Waals surface area contributed by atoms with Crippen molar-refractivity contribution < 1.29 is 19.1 Å². The second kappa shape index (κ2) is 8.57. The largest absolute Gasteiger partial charge is 0.497 e. The van der Waals surface area contributed by atoms with E-state index < -0.39 is 0 Å². The number of aryl methyl sites for hydroxylation is 1. The molecule has 1 aromatic rings. The average molecular weight is 334 g/mol. The van der Waals surface area contributed by atoms with Gasteiger partial charge in [-0.2, -0.15) is 0 Å². The molecule has 2 rings (SSSR count). The molecule has 1 heterocycles. The zero-order valence-electron chi connectivity index (χ0n) is 14.7. The fourth-order valence-corrected chi connectivity index (χ4v) is 2.71. The number of methoxy groups -OCH3 is 1. The van der Waals surface area contributed by atoms with Gasteiger partial charge in [0.25, 0.3) is 0 Å². The van der Waals surface area contributed by atoms with Gasteiger partial charge in [0.2, 0.25) is 5.91 Å². The first-order valence-corrected chi connectivity index (χ1v) is 8.28. The number of likely N-dealkylation sites (tertiary alicyclic amines) is 1. The standard InChI is InChI=1S/C18H26N2O4/c1-19(2)18(22)24-15-9-11-20(12-10-15)17(21)8-7-14-5-4-6-16(13-14)23-3/h4-6,13,15H,7-12H2,1-3H3. The zero-order chi connectivity index (χ0) is 17.5. The van der Waals surface area contributed by atoms with Crippen molar-refractivity contribution in [2.75, 3.05) is 34.3 Å². The number of carbonyl (C=O) groups excluding carboxylic acids is 2. The molecule has 0 aliphatic carbocycles. The predicted molar refractivity (Wildman–Crippen MR) is 91.1 cm³/mol. The van der Waals surface area contributed by atoms with E-state index in [2.05, 4.69) is 0 Å². The summed E-state index contributed by atoms with van der Waals surface area (Å²) in [5.41, 5.74) is 1.09. The Balaban J connectivity index is 1.75. The van der Waals surface area contributed by atoms with E-state index in [4.69, 9.17) is 9.47 Å². The van der Waals surface area contributed by atoms with E-state index >= 15 is 0 Å². The molecule has 0 bridgehead atoms. The molecule has 0 N–H and O–H groups in total. The van der Waals surface area contributed by atoms with Crippen molar-refractivity contribution in [1.29, 1.82) is 0 Å². The van der Waals surface area contributed by atoms with Gasteiger partial charge in [-0.25, -0.2) is 4.79 Å². The van der Waals surface area contributed by atoms with Gasteiger partial charge in [0.15, 0.2) is 0 Å². The van der Waals surface area contributed by atoms with E-state index in [1.54, 1.807) is 21.2 Å². The smallest absolute Gasteiger partial charge is 0.409 e. The number of carbonyl (C=O) groups is 2. The molecular weight excluding hydrogens is 308 g/mol. The van der Waals surface area contributed by atoms with Crippen LogP contribution in [0.1, 0.15) is 24.8 Å². The van der Waals surface area contributed by atoms with Crippen LogP contribution in [0, 0.1) is 0 Å². The number of rotatable bonds is 5. The van der Waals surface area contributed by atoms with Gasteiger partial charge in [0.05, 0.1) is 7.11 Å². The number of hydrogen-bond acceptors (Lipinski definition) is 4. The first kappa shape index (κ1) is 18.1. The van der Waals surface area contributed by atoms with Crippen molar-refractivity contribution >= 4 is 12.0 Å². The number of piperidine rings is 1. The summed E-state index contributed by atoms with van der Waals surface area (Å²) in [5.74, 6) is 0.957. The maximum absolute atomic E-state index is 12.3. The van der Waals surface area contributed by atoms with Gasteiger partial charge in [-0.1, -0.05) is 12.1 Å². The summed E-state index contributed by atoms with van der Waals surface area (Å²) in [6, 6.07) is 7.79. The highest BCUT2D eigenvalue weighted by Crippen LogP contribution is 2.17. The van der Waals surface area contributed by atoms with E-state index in [1.807, 2.05) is 29.2 Å². The van der Waals surface area contributed by atoms with Crippen LogP contribution in [0.3, 0.4) is 0 Å². The molecule has 6 heteroatoms. The van der Waals surface area contributed by atoms with Crippen molar-refractivity contribution in [2.24, 2.45) is 0 Å². The van der Waals surface area contributed by atoms with Gasteiger partial charge in [-0.3, -0.25) is 4.79 Å². The minimum absolute atomic E-state index is 0.0951. The lowest BCUT2D eigenvalue weighted by molar-refractivity contribution is -0.133. The molecule has 0 aromatic heterocycles. The molecule has 1 aliphatic rings. The number of nitrogens with zero attached hydrogens (tertiary/aromatic N) is 2. The van der Waals surface area contributed by atoms with Crippen LogP contribution < -0.4 is 4.74 Å². The van der Waals surface area contributed by atoms with Crippen LogP contribution in [0.2, 0.25) is 0 Å². The van der Waals surface area contributed by atoms with Crippen molar-refractivity contribution in [1.82, 2.24) is 9.80 Å². The third-order valence-corrected chi connectivity index (χ3v) is 4.19. The minimum atomic E-state index is -0.321. The Kier molecular flexibility index (Phi) is 6.46. The predicted octanol–water partition coefficient (Wildman–Crippen LogP) is 2.32. The van der Waals surface area contributed by atoms with E-state index in [-0.39, 0.29) is 18.1 Å². The van der Waals surface area contributed by atoms with Crippen LogP contribution in [0.15, 0.2) is 24.3 Å². The molecule has 0 atom stereocenters. The van der Waals surface area contributed by atoms with Gasteiger partial charge in [0, 0.05) is 46.4 Å². The molecule has 24 heavy (non-hydrogen) atoms. The molecule has 6 nitrogen and oxygen atoms in total. The molecule has 0 spiro atoms. The Morgan fingerprint density at radius 3 is 2.58 bits per heavy atom. The van der Waals surface area contributed by atoms with E-state index in [0.29, 0.717) is 38.8 Å². The van der Waals surface area contributed by atoms with E-state index in [0.717, 1.165) is 11.3 Å². The fraction of sp³-hybridized carbons (Fsp3) is 0.556. The molecule has 1 fully saturated rings. The Morgan fingerprint density at radius 1 is 1.25 bits per heavy atom. The fourth-order valence-electron chi connectivity index (χ4n) is 2.71.